The van der Waals surface area contributed by atoms with E-state index in [9.17, 15) is 13.2 Å². The molecular formula is C14H16N4O3S. The van der Waals surface area contributed by atoms with Gasteiger partial charge in [0.1, 0.15) is 5.69 Å². The number of nitrogens with one attached hydrogen (secondary N) is 1. The summed E-state index contributed by atoms with van der Waals surface area (Å²) in [4.78, 5) is 20.7. The molecule has 1 aromatic carbocycles. The van der Waals surface area contributed by atoms with E-state index in [-0.39, 0.29) is 10.6 Å². The number of carbonyl (C=O) groups excluding carboxylic acids is 1. The molecule has 22 heavy (non-hydrogen) atoms. The second-order valence-electron chi connectivity index (χ2n) is 4.85. The molecule has 3 N–H and O–H groups in total. The fourth-order valence-electron chi connectivity index (χ4n) is 1.85. The summed E-state index contributed by atoms with van der Waals surface area (Å²) in [6.45, 7) is 5.31. The number of aromatic nitrogens is 2. The zero-order valence-electron chi connectivity index (χ0n) is 12.4. The molecule has 116 valence electrons. The van der Waals surface area contributed by atoms with Gasteiger partial charge in [0, 0.05) is 5.69 Å². The minimum atomic E-state index is -3.75. The van der Waals surface area contributed by atoms with Crippen molar-refractivity contribution in [3.05, 3.63) is 47.0 Å². The molecule has 0 atom stereocenters. The molecule has 1 aromatic heterocycles. The molecule has 8 heteroatoms. The second kappa shape index (κ2) is 5.82. The molecule has 7 nitrogen and oxygen atoms in total. The van der Waals surface area contributed by atoms with Crippen molar-refractivity contribution in [2.45, 2.75) is 25.7 Å². The second-order valence-corrected chi connectivity index (χ2v) is 6.41. The maximum absolute atomic E-state index is 12.2. The van der Waals surface area contributed by atoms with E-state index < -0.39 is 15.9 Å². The van der Waals surface area contributed by atoms with Gasteiger partial charge < -0.3 is 5.32 Å². The Hall–Kier alpha value is -2.32. The molecule has 0 radical (unpaired) electrons. The van der Waals surface area contributed by atoms with Crippen LogP contribution in [0.1, 0.15) is 27.6 Å². The van der Waals surface area contributed by atoms with Gasteiger partial charge in [-0.3, -0.25) is 9.78 Å². The predicted octanol–water partition coefficient (Wildman–Crippen LogP) is 1.30. The van der Waals surface area contributed by atoms with Gasteiger partial charge in [-0.25, -0.2) is 18.5 Å². The maximum Gasteiger partial charge on any atom is 0.276 e. The van der Waals surface area contributed by atoms with Crippen LogP contribution in [0.5, 0.6) is 0 Å². The molecule has 0 aliphatic carbocycles. The molecule has 0 bridgehead atoms. The molecule has 0 aliphatic rings. The molecule has 1 heterocycles. The summed E-state index contributed by atoms with van der Waals surface area (Å²) < 4.78 is 22.3. The molecule has 2 aromatic rings. The van der Waals surface area contributed by atoms with Gasteiger partial charge in [-0.15, -0.1) is 0 Å². The minimum Gasteiger partial charge on any atom is -0.321 e. The van der Waals surface area contributed by atoms with Crippen molar-refractivity contribution in [1.29, 1.82) is 0 Å². The summed E-state index contributed by atoms with van der Waals surface area (Å²) in [5.74, 6) is -0.406. The lowest BCUT2D eigenvalue weighted by atomic mass is 10.2. The van der Waals surface area contributed by atoms with Gasteiger partial charge in [-0.2, -0.15) is 0 Å². The molecular weight excluding hydrogens is 304 g/mol. The fourth-order valence-corrected chi connectivity index (χ4v) is 2.36. The molecule has 1 amide bonds. The van der Waals surface area contributed by atoms with E-state index in [0.29, 0.717) is 17.1 Å². The highest BCUT2D eigenvalue weighted by Gasteiger charge is 2.14. The highest BCUT2D eigenvalue weighted by molar-refractivity contribution is 7.89. The van der Waals surface area contributed by atoms with Crippen molar-refractivity contribution < 1.29 is 13.2 Å². The number of amides is 1. The number of benzene rings is 1. The van der Waals surface area contributed by atoms with E-state index in [4.69, 9.17) is 5.14 Å². The van der Waals surface area contributed by atoms with Crippen LogP contribution >= 0.6 is 0 Å². The number of nitrogens with two attached hydrogens (primary N) is 1. The Bertz CT molecular complexity index is 830. The first-order valence-corrected chi connectivity index (χ1v) is 7.99. The Morgan fingerprint density at radius 3 is 2.09 bits per heavy atom. The lowest BCUT2D eigenvalue weighted by molar-refractivity contribution is 0.102. The summed E-state index contributed by atoms with van der Waals surface area (Å²) in [5.41, 5.74) is 2.66. The van der Waals surface area contributed by atoms with Crippen molar-refractivity contribution >= 4 is 21.6 Å². The van der Waals surface area contributed by atoms with Crippen molar-refractivity contribution in [3.63, 3.8) is 0 Å². The molecule has 0 saturated heterocycles. The van der Waals surface area contributed by atoms with Gasteiger partial charge >= 0.3 is 0 Å². The number of nitrogens with zero attached hydrogens (tertiary/aromatic N) is 2. The lowest BCUT2D eigenvalue weighted by Gasteiger charge is -2.09. The van der Waals surface area contributed by atoms with E-state index in [0.717, 1.165) is 5.69 Å². The first-order valence-electron chi connectivity index (χ1n) is 6.44. The Morgan fingerprint density at radius 1 is 1.00 bits per heavy atom. The summed E-state index contributed by atoms with van der Waals surface area (Å²) in [7, 11) is -3.75. The van der Waals surface area contributed by atoms with Crippen molar-refractivity contribution in [2.24, 2.45) is 5.14 Å². The van der Waals surface area contributed by atoms with Crippen molar-refractivity contribution in [1.82, 2.24) is 9.97 Å². The highest BCUT2D eigenvalue weighted by atomic mass is 32.2. The average Bonchev–Trinajstić information content (AvgIpc) is 2.42. The maximum atomic E-state index is 12.2. The summed E-state index contributed by atoms with van der Waals surface area (Å²) in [6, 6.07) is 5.57. The van der Waals surface area contributed by atoms with E-state index in [2.05, 4.69) is 15.3 Å². The van der Waals surface area contributed by atoms with Crippen LogP contribution in [-0.2, 0) is 10.0 Å². The van der Waals surface area contributed by atoms with Gasteiger partial charge in [0.05, 0.1) is 22.0 Å². The van der Waals surface area contributed by atoms with E-state index in [1.807, 2.05) is 6.92 Å². The number of carbonyl (C=O) groups is 1. The normalized spacial score (nSPS) is 11.3. The number of aryl methyl sites for hydroxylation is 3. The predicted molar refractivity (Wildman–Crippen MR) is 82.0 cm³/mol. The molecule has 0 aliphatic heterocycles. The van der Waals surface area contributed by atoms with E-state index in [1.165, 1.54) is 24.3 Å². The number of primary sulfonamides is 1. The quantitative estimate of drug-likeness (QED) is 0.884. The fraction of sp³-hybridized carbons (Fsp3) is 0.214. The molecule has 0 saturated carbocycles. The standard InChI is InChI=1S/C14H16N4O3S/c1-8-9(2)17-13(10(3)16-8)14(19)18-11-4-6-12(7-5-11)22(15,20)21/h4-7H,1-3H3,(H,18,19)(H2,15,20,21). The van der Waals surface area contributed by atoms with Gasteiger partial charge in [0.2, 0.25) is 10.0 Å². The number of hydrogen-bond acceptors (Lipinski definition) is 5. The van der Waals surface area contributed by atoms with Crippen LogP contribution in [0, 0.1) is 20.8 Å². The Labute approximate surface area is 128 Å². The van der Waals surface area contributed by atoms with Crippen LogP contribution in [0.4, 0.5) is 5.69 Å². The summed E-state index contributed by atoms with van der Waals surface area (Å²) in [6.07, 6.45) is 0. The number of sulfonamides is 1. The number of hydrogen-bond donors (Lipinski definition) is 2. The SMILES string of the molecule is Cc1nc(C)c(C(=O)Nc2ccc(S(N)(=O)=O)cc2)nc1C. The van der Waals surface area contributed by atoms with Crippen LogP contribution in [0.15, 0.2) is 29.2 Å². The van der Waals surface area contributed by atoms with Gasteiger partial charge in [0.15, 0.2) is 0 Å². The number of anilines is 1. The van der Waals surface area contributed by atoms with Crippen LogP contribution in [0.25, 0.3) is 0 Å². The molecule has 0 unspecified atom stereocenters. The number of rotatable bonds is 3. The topological polar surface area (TPSA) is 115 Å². The van der Waals surface area contributed by atoms with Crippen molar-refractivity contribution in [2.75, 3.05) is 5.32 Å². The van der Waals surface area contributed by atoms with Crippen molar-refractivity contribution in [3.8, 4) is 0 Å². The third-order valence-corrected chi connectivity index (χ3v) is 4.07. The third kappa shape index (κ3) is 3.46. The lowest BCUT2D eigenvalue weighted by Crippen LogP contribution is -2.17. The monoisotopic (exact) mass is 320 g/mol. The summed E-state index contributed by atoms with van der Waals surface area (Å²) >= 11 is 0. The molecule has 0 spiro atoms. The first-order chi connectivity index (χ1) is 10.2. The molecule has 2 rings (SSSR count). The van der Waals surface area contributed by atoms with Crippen LogP contribution in [0.2, 0.25) is 0 Å². The Balaban J connectivity index is 2.24. The minimum absolute atomic E-state index is 0.0207. The zero-order chi connectivity index (χ0) is 16.5. The smallest absolute Gasteiger partial charge is 0.276 e. The largest absolute Gasteiger partial charge is 0.321 e. The molecule has 0 fully saturated rings. The average molecular weight is 320 g/mol. The Morgan fingerprint density at radius 2 is 1.55 bits per heavy atom. The third-order valence-electron chi connectivity index (χ3n) is 3.14. The van der Waals surface area contributed by atoms with Crippen LogP contribution < -0.4 is 10.5 Å². The highest BCUT2D eigenvalue weighted by Crippen LogP contribution is 2.15. The summed E-state index contributed by atoms with van der Waals surface area (Å²) in [5, 5.41) is 7.66. The first kappa shape index (κ1) is 16.1. The van der Waals surface area contributed by atoms with Gasteiger partial charge in [-0.1, -0.05) is 0 Å². The van der Waals surface area contributed by atoms with E-state index in [1.54, 1.807) is 13.8 Å². The van der Waals surface area contributed by atoms with Gasteiger partial charge in [0.25, 0.3) is 5.91 Å². The van der Waals surface area contributed by atoms with Crippen LogP contribution in [-0.4, -0.2) is 24.3 Å². The zero-order valence-corrected chi connectivity index (χ0v) is 13.2. The van der Waals surface area contributed by atoms with E-state index >= 15 is 0 Å². The Kier molecular flexibility index (Phi) is 4.25. The van der Waals surface area contributed by atoms with Crippen LogP contribution in [0.3, 0.4) is 0 Å². The van der Waals surface area contributed by atoms with Gasteiger partial charge in [-0.05, 0) is 45.0 Å².